The molecule has 0 radical (unpaired) electrons. The minimum atomic E-state index is 0.740. The van der Waals surface area contributed by atoms with E-state index < -0.39 is 0 Å². The largest absolute Gasteiger partial charge is 0.370 e. The van der Waals surface area contributed by atoms with Gasteiger partial charge in [0.2, 0.25) is 0 Å². The molecule has 0 amide bonds. The predicted octanol–water partition coefficient (Wildman–Crippen LogP) is 1.22. The lowest BCUT2D eigenvalue weighted by Crippen LogP contribution is -2.34. The molecule has 0 saturated heterocycles. The summed E-state index contributed by atoms with van der Waals surface area (Å²) < 4.78 is 2.08. The molecule has 2 aromatic heterocycles. The SMILES string of the molecule is CCCNc1cc(N2CCn3cnnc3C2)nc(C)n1. The highest BCUT2D eigenvalue weighted by Gasteiger charge is 2.19. The minimum absolute atomic E-state index is 0.740. The van der Waals surface area contributed by atoms with Crippen LogP contribution in [0.2, 0.25) is 0 Å². The molecule has 0 fully saturated rings. The summed E-state index contributed by atoms with van der Waals surface area (Å²) in [5, 5.41) is 11.4. The highest BCUT2D eigenvalue weighted by molar-refractivity contribution is 5.49. The molecule has 0 saturated carbocycles. The van der Waals surface area contributed by atoms with Crippen molar-refractivity contribution in [2.75, 3.05) is 23.3 Å². The zero-order chi connectivity index (χ0) is 13.9. The normalized spacial score (nSPS) is 14.2. The van der Waals surface area contributed by atoms with E-state index in [9.17, 15) is 0 Å². The summed E-state index contributed by atoms with van der Waals surface area (Å²) in [5.74, 6) is 3.61. The molecule has 3 heterocycles. The van der Waals surface area contributed by atoms with Crippen LogP contribution in [0.15, 0.2) is 12.4 Å². The number of fused-ring (bicyclic) bond motifs is 1. The third-order valence-corrected chi connectivity index (χ3v) is 3.34. The molecule has 0 unspecified atom stereocenters. The van der Waals surface area contributed by atoms with Crippen LogP contribution < -0.4 is 10.2 Å². The van der Waals surface area contributed by atoms with E-state index in [1.54, 1.807) is 6.33 Å². The molecular weight excluding hydrogens is 254 g/mol. The molecule has 1 N–H and O–H groups in total. The maximum Gasteiger partial charge on any atom is 0.152 e. The van der Waals surface area contributed by atoms with Gasteiger partial charge in [-0.15, -0.1) is 10.2 Å². The number of hydrogen-bond acceptors (Lipinski definition) is 6. The van der Waals surface area contributed by atoms with Crippen LogP contribution in [0.25, 0.3) is 0 Å². The van der Waals surface area contributed by atoms with Crippen LogP contribution in [0, 0.1) is 6.92 Å². The Labute approximate surface area is 118 Å². The molecule has 0 spiro atoms. The number of aromatic nitrogens is 5. The second-order valence-electron chi connectivity index (χ2n) is 4.95. The fourth-order valence-electron chi connectivity index (χ4n) is 2.32. The number of aryl methyl sites for hydroxylation is 1. The van der Waals surface area contributed by atoms with Gasteiger partial charge in [-0.05, 0) is 13.3 Å². The Balaban J connectivity index is 1.82. The number of nitrogens with zero attached hydrogens (tertiary/aromatic N) is 6. The molecular formula is C13H19N7. The molecule has 2 aromatic rings. The molecule has 0 aromatic carbocycles. The van der Waals surface area contributed by atoms with E-state index in [1.165, 1.54) is 0 Å². The molecule has 1 aliphatic heterocycles. The first-order valence-corrected chi connectivity index (χ1v) is 6.97. The van der Waals surface area contributed by atoms with Gasteiger partial charge in [-0.3, -0.25) is 0 Å². The molecule has 3 rings (SSSR count). The fraction of sp³-hybridized carbons (Fsp3) is 0.538. The Morgan fingerprint density at radius 3 is 3.05 bits per heavy atom. The highest BCUT2D eigenvalue weighted by atomic mass is 15.3. The van der Waals surface area contributed by atoms with Gasteiger partial charge >= 0.3 is 0 Å². The first kappa shape index (κ1) is 12.8. The van der Waals surface area contributed by atoms with Crippen molar-refractivity contribution in [1.29, 1.82) is 0 Å². The van der Waals surface area contributed by atoms with Gasteiger partial charge in [0.15, 0.2) is 5.82 Å². The summed E-state index contributed by atoms with van der Waals surface area (Å²) in [7, 11) is 0. The second-order valence-corrected chi connectivity index (χ2v) is 4.95. The summed E-state index contributed by atoms with van der Waals surface area (Å²) in [4.78, 5) is 11.2. The zero-order valence-corrected chi connectivity index (χ0v) is 11.9. The summed E-state index contributed by atoms with van der Waals surface area (Å²) >= 11 is 0. The van der Waals surface area contributed by atoms with E-state index in [-0.39, 0.29) is 0 Å². The van der Waals surface area contributed by atoms with Crippen LogP contribution >= 0.6 is 0 Å². The number of hydrogen-bond donors (Lipinski definition) is 1. The van der Waals surface area contributed by atoms with Crippen LogP contribution in [0.3, 0.4) is 0 Å². The minimum Gasteiger partial charge on any atom is -0.370 e. The van der Waals surface area contributed by atoms with Crippen molar-refractivity contribution in [3.05, 3.63) is 24.0 Å². The summed E-state index contributed by atoms with van der Waals surface area (Å²) in [5.41, 5.74) is 0. The van der Waals surface area contributed by atoms with Gasteiger partial charge in [0.25, 0.3) is 0 Å². The average Bonchev–Trinajstić information content (AvgIpc) is 2.92. The predicted molar refractivity (Wildman–Crippen MR) is 76.6 cm³/mol. The van der Waals surface area contributed by atoms with Crippen molar-refractivity contribution in [3.63, 3.8) is 0 Å². The standard InChI is InChI=1S/C13H19N7/c1-3-4-14-11-7-12(17-10(2)16-11)19-5-6-20-9-15-18-13(20)8-19/h7,9H,3-6,8H2,1-2H3,(H,14,16,17). The second kappa shape index (κ2) is 5.44. The summed E-state index contributed by atoms with van der Waals surface area (Å²) in [6, 6.07) is 2.01. The van der Waals surface area contributed by atoms with Crippen molar-refractivity contribution in [1.82, 2.24) is 24.7 Å². The van der Waals surface area contributed by atoms with Crippen LogP contribution in [0.5, 0.6) is 0 Å². The van der Waals surface area contributed by atoms with E-state index >= 15 is 0 Å². The monoisotopic (exact) mass is 273 g/mol. The van der Waals surface area contributed by atoms with Gasteiger partial charge in [0.1, 0.15) is 23.8 Å². The lowest BCUT2D eigenvalue weighted by Gasteiger charge is -2.28. The molecule has 1 aliphatic rings. The van der Waals surface area contributed by atoms with E-state index in [4.69, 9.17) is 0 Å². The average molecular weight is 273 g/mol. The first-order valence-electron chi connectivity index (χ1n) is 6.97. The Bertz CT molecular complexity index is 592. The Morgan fingerprint density at radius 2 is 2.20 bits per heavy atom. The van der Waals surface area contributed by atoms with E-state index in [0.717, 1.165) is 55.9 Å². The van der Waals surface area contributed by atoms with Crippen LogP contribution in [-0.4, -0.2) is 37.8 Å². The molecule has 106 valence electrons. The van der Waals surface area contributed by atoms with E-state index in [1.807, 2.05) is 13.0 Å². The quantitative estimate of drug-likeness (QED) is 0.903. The topological polar surface area (TPSA) is 71.8 Å². The van der Waals surface area contributed by atoms with Crippen molar-refractivity contribution < 1.29 is 0 Å². The molecule has 0 aliphatic carbocycles. The molecule has 0 bridgehead atoms. The van der Waals surface area contributed by atoms with E-state index in [2.05, 4.69) is 41.9 Å². The van der Waals surface area contributed by atoms with Crippen LogP contribution in [0.4, 0.5) is 11.6 Å². The Morgan fingerprint density at radius 1 is 1.30 bits per heavy atom. The Kier molecular flexibility index (Phi) is 3.49. The smallest absolute Gasteiger partial charge is 0.152 e. The van der Waals surface area contributed by atoms with E-state index in [0.29, 0.717) is 0 Å². The first-order chi connectivity index (χ1) is 9.76. The van der Waals surface area contributed by atoms with Crippen molar-refractivity contribution in [2.24, 2.45) is 0 Å². The molecule has 20 heavy (non-hydrogen) atoms. The van der Waals surface area contributed by atoms with Crippen LogP contribution in [-0.2, 0) is 13.1 Å². The summed E-state index contributed by atoms with van der Waals surface area (Å²) in [6.45, 7) is 7.53. The van der Waals surface area contributed by atoms with Gasteiger partial charge in [0, 0.05) is 25.7 Å². The Hall–Kier alpha value is -2.18. The highest BCUT2D eigenvalue weighted by Crippen LogP contribution is 2.20. The van der Waals surface area contributed by atoms with Crippen molar-refractivity contribution in [2.45, 2.75) is 33.4 Å². The third kappa shape index (κ3) is 2.56. The molecule has 7 nitrogen and oxygen atoms in total. The van der Waals surface area contributed by atoms with Gasteiger partial charge in [0.05, 0.1) is 6.54 Å². The zero-order valence-electron chi connectivity index (χ0n) is 11.9. The molecule has 0 atom stereocenters. The lowest BCUT2D eigenvalue weighted by atomic mass is 10.3. The van der Waals surface area contributed by atoms with Gasteiger partial charge < -0.3 is 14.8 Å². The number of rotatable bonds is 4. The maximum absolute atomic E-state index is 4.54. The van der Waals surface area contributed by atoms with Crippen molar-refractivity contribution >= 4 is 11.6 Å². The fourth-order valence-corrected chi connectivity index (χ4v) is 2.32. The maximum atomic E-state index is 4.54. The van der Waals surface area contributed by atoms with Crippen molar-refractivity contribution in [3.8, 4) is 0 Å². The third-order valence-electron chi connectivity index (χ3n) is 3.34. The molecule has 7 heteroatoms. The number of nitrogens with one attached hydrogen (secondary N) is 1. The summed E-state index contributed by atoms with van der Waals surface area (Å²) in [6.07, 6.45) is 2.86. The van der Waals surface area contributed by atoms with Gasteiger partial charge in [-0.1, -0.05) is 6.92 Å². The van der Waals surface area contributed by atoms with Crippen LogP contribution in [0.1, 0.15) is 25.0 Å². The lowest BCUT2D eigenvalue weighted by molar-refractivity contribution is 0.555. The number of anilines is 2. The van der Waals surface area contributed by atoms with Gasteiger partial charge in [-0.25, -0.2) is 9.97 Å². The van der Waals surface area contributed by atoms with Gasteiger partial charge in [-0.2, -0.15) is 0 Å².